The molecular weight excluding hydrogens is 373 g/mol. The van der Waals surface area contributed by atoms with Crippen molar-refractivity contribution in [3.8, 4) is 11.3 Å². The van der Waals surface area contributed by atoms with Gasteiger partial charge in [-0.05, 0) is 19.1 Å². The number of nitrogen functional groups attached to an aromatic ring is 2. The van der Waals surface area contributed by atoms with Gasteiger partial charge in [0.05, 0.1) is 0 Å². The van der Waals surface area contributed by atoms with E-state index in [4.69, 9.17) is 34.7 Å². The van der Waals surface area contributed by atoms with Gasteiger partial charge in [0.2, 0.25) is 0 Å². The number of alkyl halides is 2. The fourth-order valence-electron chi connectivity index (χ4n) is 2.71. The van der Waals surface area contributed by atoms with Crippen molar-refractivity contribution in [1.29, 1.82) is 0 Å². The predicted molar refractivity (Wildman–Crippen MR) is 108 cm³/mol. The Labute approximate surface area is 161 Å². The molecule has 0 aliphatic carbocycles. The maximum absolute atomic E-state index is 6.09. The van der Waals surface area contributed by atoms with Crippen LogP contribution in [0.25, 0.3) is 22.4 Å². The number of fused-ring (bicyclic) bond motifs is 1. The highest BCUT2D eigenvalue weighted by Crippen LogP contribution is 2.28. The normalized spacial score (nSPS) is 11.0. The van der Waals surface area contributed by atoms with E-state index < -0.39 is 0 Å². The van der Waals surface area contributed by atoms with Crippen molar-refractivity contribution >= 4 is 51.7 Å². The first-order valence-corrected chi connectivity index (χ1v) is 9.15. The lowest BCUT2D eigenvalue weighted by molar-refractivity contribution is 0.874. The number of anilines is 3. The second-order valence-corrected chi connectivity index (χ2v) is 6.45. The molecule has 0 radical (unpaired) electrons. The van der Waals surface area contributed by atoms with Gasteiger partial charge < -0.3 is 16.4 Å². The van der Waals surface area contributed by atoms with Gasteiger partial charge in [0.1, 0.15) is 11.5 Å². The summed E-state index contributed by atoms with van der Waals surface area (Å²) in [4.78, 5) is 19.4. The smallest absolute Gasteiger partial charge is 0.185 e. The third-order valence-electron chi connectivity index (χ3n) is 3.91. The lowest BCUT2D eigenvalue weighted by Crippen LogP contribution is -2.27. The molecule has 0 saturated heterocycles. The van der Waals surface area contributed by atoms with Crippen molar-refractivity contribution in [3.05, 3.63) is 30.1 Å². The van der Waals surface area contributed by atoms with E-state index in [1.165, 1.54) is 0 Å². The van der Waals surface area contributed by atoms with Gasteiger partial charge in [-0.1, -0.05) is 12.1 Å². The van der Waals surface area contributed by atoms with Gasteiger partial charge >= 0.3 is 0 Å². The molecule has 3 rings (SSSR count). The van der Waals surface area contributed by atoms with Crippen molar-refractivity contribution in [1.82, 2.24) is 19.9 Å². The van der Waals surface area contributed by atoms with E-state index in [1.807, 2.05) is 24.3 Å². The van der Waals surface area contributed by atoms with E-state index in [-0.39, 0.29) is 5.82 Å². The first kappa shape index (κ1) is 18.4. The van der Waals surface area contributed by atoms with Crippen molar-refractivity contribution in [2.45, 2.75) is 6.92 Å². The minimum Gasteiger partial charge on any atom is -0.382 e. The van der Waals surface area contributed by atoms with Crippen LogP contribution in [0.3, 0.4) is 0 Å². The summed E-state index contributed by atoms with van der Waals surface area (Å²) in [5.41, 5.74) is 15.3. The average molecular weight is 392 g/mol. The second-order valence-electron chi connectivity index (χ2n) is 5.70. The number of halogens is 2. The van der Waals surface area contributed by atoms with Gasteiger partial charge in [-0.15, -0.1) is 23.2 Å². The minimum atomic E-state index is 0.285. The Kier molecular flexibility index (Phi) is 5.58. The van der Waals surface area contributed by atoms with Crippen molar-refractivity contribution in [2.75, 3.05) is 41.2 Å². The molecule has 2 heterocycles. The van der Waals surface area contributed by atoms with Gasteiger partial charge in [0.25, 0.3) is 0 Å². The highest BCUT2D eigenvalue weighted by atomic mass is 35.5. The number of hydrogen-bond acceptors (Lipinski definition) is 7. The van der Waals surface area contributed by atoms with E-state index in [0.717, 1.165) is 24.3 Å². The van der Waals surface area contributed by atoms with E-state index >= 15 is 0 Å². The van der Waals surface area contributed by atoms with Crippen LogP contribution in [0.2, 0.25) is 0 Å². The molecule has 26 heavy (non-hydrogen) atoms. The summed E-state index contributed by atoms with van der Waals surface area (Å²) < 4.78 is 0. The van der Waals surface area contributed by atoms with Crippen LogP contribution in [0.1, 0.15) is 5.82 Å². The summed E-state index contributed by atoms with van der Waals surface area (Å²) in [5.74, 6) is 2.16. The van der Waals surface area contributed by atoms with Crippen molar-refractivity contribution in [3.63, 3.8) is 0 Å². The lowest BCUT2D eigenvalue weighted by Gasteiger charge is -2.23. The Bertz CT molecular complexity index is 909. The van der Waals surface area contributed by atoms with E-state index in [2.05, 4.69) is 24.8 Å². The summed E-state index contributed by atoms with van der Waals surface area (Å²) in [6.07, 6.45) is 0. The fourth-order valence-corrected chi connectivity index (χ4v) is 3.12. The van der Waals surface area contributed by atoms with Crippen LogP contribution in [-0.4, -0.2) is 44.8 Å². The molecular formula is C17H19Cl2N7. The molecule has 0 aliphatic rings. The maximum atomic E-state index is 6.09. The molecule has 4 N–H and O–H groups in total. The third-order valence-corrected chi connectivity index (χ3v) is 4.25. The molecule has 2 aromatic heterocycles. The summed E-state index contributed by atoms with van der Waals surface area (Å²) in [6.45, 7) is 3.19. The van der Waals surface area contributed by atoms with Gasteiger partial charge in [-0.25, -0.2) is 19.9 Å². The zero-order chi connectivity index (χ0) is 18.7. The molecule has 0 fully saturated rings. The zero-order valence-corrected chi connectivity index (χ0v) is 15.8. The lowest BCUT2D eigenvalue weighted by atomic mass is 10.1. The second kappa shape index (κ2) is 7.88. The van der Waals surface area contributed by atoms with E-state index in [9.17, 15) is 0 Å². The topological polar surface area (TPSA) is 107 Å². The zero-order valence-electron chi connectivity index (χ0n) is 14.3. The van der Waals surface area contributed by atoms with Crippen molar-refractivity contribution in [2.24, 2.45) is 0 Å². The average Bonchev–Trinajstić information content (AvgIpc) is 2.61. The monoisotopic (exact) mass is 391 g/mol. The van der Waals surface area contributed by atoms with Crippen LogP contribution in [0.5, 0.6) is 0 Å². The van der Waals surface area contributed by atoms with Crippen LogP contribution >= 0.6 is 23.2 Å². The Morgan fingerprint density at radius 2 is 1.54 bits per heavy atom. The molecule has 9 heteroatoms. The molecule has 7 nitrogen and oxygen atoms in total. The molecule has 0 atom stereocenters. The van der Waals surface area contributed by atoms with Crippen LogP contribution in [0.4, 0.5) is 17.3 Å². The maximum Gasteiger partial charge on any atom is 0.185 e. The van der Waals surface area contributed by atoms with E-state index in [1.54, 1.807) is 6.92 Å². The quantitative estimate of drug-likeness (QED) is 0.621. The first-order chi connectivity index (χ1) is 12.5. The molecule has 0 bridgehead atoms. The number of hydrogen-bond donors (Lipinski definition) is 2. The Balaban J connectivity index is 2.00. The van der Waals surface area contributed by atoms with Gasteiger partial charge in [0, 0.05) is 36.1 Å². The third kappa shape index (κ3) is 3.73. The molecule has 0 aliphatic heterocycles. The number of aryl methyl sites for hydroxylation is 1. The Hall–Kier alpha value is -2.38. The Morgan fingerprint density at radius 1 is 0.885 bits per heavy atom. The van der Waals surface area contributed by atoms with Gasteiger partial charge in [-0.2, -0.15) is 0 Å². The van der Waals surface area contributed by atoms with E-state index in [0.29, 0.717) is 40.3 Å². The molecule has 1 aromatic carbocycles. The van der Waals surface area contributed by atoms with Crippen LogP contribution < -0.4 is 16.4 Å². The molecule has 3 aromatic rings. The number of nitrogens with zero attached hydrogens (tertiary/aromatic N) is 5. The predicted octanol–water partition coefficient (Wildman–Crippen LogP) is 2.84. The van der Waals surface area contributed by atoms with Crippen LogP contribution in [0, 0.1) is 6.92 Å². The molecule has 136 valence electrons. The molecule has 0 amide bonds. The highest BCUT2D eigenvalue weighted by Gasteiger charge is 2.13. The van der Waals surface area contributed by atoms with Crippen LogP contribution in [0.15, 0.2) is 24.3 Å². The first-order valence-electron chi connectivity index (χ1n) is 8.08. The largest absolute Gasteiger partial charge is 0.382 e. The standard InChI is InChI=1S/C17H19Cl2N7/c1-10-22-16(21)14-17(23-10)25-15(20)13(24-14)11-2-4-12(5-3-11)26(8-6-18)9-7-19/h2-5H,6-9H2,1H3,(H4,20,21,22,23,25). The van der Waals surface area contributed by atoms with Crippen molar-refractivity contribution < 1.29 is 0 Å². The van der Waals surface area contributed by atoms with Gasteiger partial charge in [-0.3, -0.25) is 0 Å². The Morgan fingerprint density at radius 3 is 2.15 bits per heavy atom. The number of benzene rings is 1. The number of aromatic nitrogens is 4. The summed E-state index contributed by atoms with van der Waals surface area (Å²) in [7, 11) is 0. The molecule has 0 spiro atoms. The minimum absolute atomic E-state index is 0.285. The molecule has 0 saturated carbocycles. The fraction of sp³-hybridized carbons (Fsp3) is 0.294. The summed E-state index contributed by atoms with van der Waals surface area (Å²) in [6, 6.07) is 7.83. The highest BCUT2D eigenvalue weighted by molar-refractivity contribution is 6.18. The number of rotatable bonds is 6. The SMILES string of the molecule is Cc1nc(N)c2nc(-c3ccc(N(CCCl)CCCl)cc3)c(N)nc2n1. The summed E-state index contributed by atoms with van der Waals surface area (Å²) in [5, 5.41) is 0. The number of nitrogens with two attached hydrogens (primary N) is 2. The molecule has 0 unspecified atom stereocenters. The van der Waals surface area contributed by atoms with Gasteiger partial charge in [0.15, 0.2) is 22.8 Å². The van der Waals surface area contributed by atoms with Crippen LogP contribution in [-0.2, 0) is 0 Å². The summed E-state index contributed by atoms with van der Waals surface area (Å²) >= 11 is 11.7.